The van der Waals surface area contributed by atoms with Gasteiger partial charge in [0.2, 0.25) is 5.91 Å². The van der Waals surface area contributed by atoms with Crippen molar-refractivity contribution in [2.24, 2.45) is 11.7 Å². The first-order valence-corrected chi connectivity index (χ1v) is 8.67. The van der Waals surface area contributed by atoms with Crippen LogP contribution >= 0.6 is 0 Å². The van der Waals surface area contributed by atoms with Crippen LogP contribution in [0.2, 0.25) is 0 Å². The highest BCUT2D eigenvalue weighted by Gasteiger charge is 2.46. The molecule has 28 heavy (non-hydrogen) atoms. The average molecular weight is 392 g/mol. The highest BCUT2D eigenvalue weighted by atomic mass is 19.4. The molecule has 0 spiro atoms. The molecule has 10 heteroatoms. The summed E-state index contributed by atoms with van der Waals surface area (Å²) in [5, 5.41) is 15.0. The largest absolute Gasteiger partial charge is 0.412 e. The maximum Gasteiger partial charge on any atom is 0.412 e. The number of nitrogens with one attached hydrogen (secondary N) is 2. The molecule has 1 amide bonds. The van der Waals surface area contributed by atoms with Crippen molar-refractivity contribution >= 4 is 16.9 Å². The minimum atomic E-state index is -4.86. The number of nitrogens with two attached hydrogens (primary N) is 1. The number of piperidine rings is 1. The Bertz CT molecular complexity index is 941. The Morgan fingerprint density at radius 3 is 2.68 bits per heavy atom. The Morgan fingerprint density at radius 2 is 2.07 bits per heavy atom. The molecule has 1 aromatic carbocycles. The molecule has 0 unspecified atom stereocenters. The molecule has 1 saturated heterocycles. The minimum Gasteiger partial charge on any atom is -0.344 e. The lowest BCUT2D eigenvalue weighted by molar-refractivity contribution is -0.164. The van der Waals surface area contributed by atoms with Crippen LogP contribution in [-0.2, 0) is 10.3 Å². The smallest absolute Gasteiger partial charge is 0.344 e. The number of hydrogen-bond acceptors (Lipinski definition) is 6. The van der Waals surface area contributed by atoms with Crippen LogP contribution in [0.3, 0.4) is 0 Å². The van der Waals surface area contributed by atoms with Gasteiger partial charge >= 0.3 is 6.18 Å². The van der Waals surface area contributed by atoms with Crippen molar-refractivity contribution in [1.29, 1.82) is 5.26 Å². The lowest BCUT2D eigenvalue weighted by Gasteiger charge is -2.42. The summed E-state index contributed by atoms with van der Waals surface area (Å²) in [5.41, 5.74) is 5.42. The second kappa shape index (κ2) is 7.33. The number of amides is 1. The molecular weight excluding hydrogens is 373 g/mol. The number of alkyl halides is 3. The van der Waals surface area contributed by atoms with Crippen LogP contribution < -0.4 is 16.4 Å². The van der Waals surface area contributed by atoms with Gasteiger partial charge in [-0.05, 0) is 24.9 Å². The van der Waals surface area contributed by atoms with E-state index in [1.54, 1.807) is 6.07 Å². The molecule has 3 rings (SSSR count). The fraction of sp³-hybridized carbons (Fsp3) is 0.444. The second-order valence-corrected chi connectivity index (χ2v) is 7.06. The molecule has 0 saturated carbocycles. The summed E-state index contributed by atoms with van der Waals surface area (Å²) in [6, 6.07) is 2.52. The van der Waals surface area contributed by atoms with E-state index in [2.05, 4.69) is 20.6 Å². The molecular formula is C18H19F3N6O. The van der Waals surface area contributed by atoms with Crippen molar-refractivity contribution in [3.8, 4) is 6.07 Å². The lowest BCUT2D eigenvalue weighted by atomic mass is 9.77. The fourth-order valence-corrected chi connectivity index (χ4v) is 3.63. The number of carbonyl (C=O) groups excluding carboxylic acids is 1. The van der Waals surface area contributed by atoms with E-state index in [4.69, 9.17) is 5.73 Å². The maximum absolute atomic E-state index is 12.9. The first-order chi connectivity index (χ1) is 13.2. The third kappa shape index (κ3) is 3.63. The molecule has 3 atom stereocenters. The zero-order valence-corrected chi connectivity index (χ0v) is 15.0. The number of nitrogens with zero attached hydrogens (tertiary/aromatic N) is 3. The van der Waals surface area contributed by atoms with Crippen LogP contribution in [-0.4, -0.2) is 41.2 Å². The van der Waals surface area contributed by atoms with Crippen LogP contribution in [0.15, 0.2) is 24.5 Å². The SMILES string of the molecule is C[C@@H]1CNC[C@](NC(=O)[C@H](N)C(F)(F)F)(c2ccc(C#N)c3nccnc23)C1. The van der Waals surface area contributed by atoms with Crippen LogP contribution in [0.5, 0.6) is 0 Å². The quantitative estimate of drug-likeness (QED) is 0.726. The summed E-state index contributed by atoms with van der Waals surface area (Å²) in [5.74, 6) is -1.25. The third-order valence-corrected chi connectivity index (χ3v) is 4.88. The van der Waals surface area contributed by atoms with E-state index in [0.717, 1.165) is 0 Å². The fourth-order valence-electron chi connectivity index (χ4n) is 3.63. The van der Waals surface area contributed by atoms with E-state index in [1.165, 1.54) is 18.5 Å². The monoisotopic (exact) mass is 392 g/mol. The van der Waals surface area contributed by atoms with Gasteiger partial charge in [-0.3, -0.25) is 14.8 Å². The number of carbonyl (C=O) groups is 1. The highest BCUT2D eigenvalue weighted by Crippen LogP contribution is 2.36. The van der Waals surface area contributed by atoms with Gasteiger partial charge in [-0.15, -0.1) is 0 Å². The third-order valence-electron chi connectivity index (χ3n) is 4.88. The first-order valence-electron chi connectivity index (χ1n) is 8.67. The Hall–Kier alpha value is -2.77. The maximum atomic E-state index is 12.9. The molecule has 4 N–H and O–H groups in total. The van der Waals surface area contributed by atoms with Crippen LogP contribution in [0, 0.1) is 17.2 Å². The van der Waals surface area contributed by atoms with Crippen molar-refractivity contribution in [2.45, 2.75) is 31.1 Å². The van der Waals surface area contributed by atoms with Gasteiger partial charge < -0.3 is 16.4 Å². The highest BCUT2D eigenvalue weighted by molar-refractivity contribution is 5.87. The van der Waals surface area contributed by atoms with Crippen molar-refractivity contribution in [2.75, 3.05) is 13.1 Å². The minimum absolute atomic E-state index is 0.0681. The molecule has 0 aliphatic carbocycles. The van der Waals surface area contributed by atoms with E-state index >= 15 is 0 Å². The van der Waals surface area contributed by atoms with Crippen LogP contribution in [0.4, 0.5) is 13.2 Å². The first kappa shape index (κ1) is 20.0. The van der Waals surface area contributed by atoms with Gasteiger partial charge in [-0.2, -0.15) is 18.4 Å². The molecule has 7 nitrogen and oxygen atoms in total. The number of hydrogen-bond donors (Lipinski definition) is 3. The summed E-state index contributed by atoms with van der Waals surface area (Å²) in [6.45, 7) is 2.78. The summed E-state index contributed by atoms with van der Waals surface area (Å²) < 4.78 is 38.8. The van der Waals surface area contributed by atoms with Crippen molar-refractivity contribution < 1.29 is 18.0 Å². The number of fused-ring (bicyclic) bond motifs is 1. The summed E-state index contributed by atoms with van der Waals surface area (Å²) in [6.07, 6.45) is -1.61. The molecule has 1 aromatic heterocycles. The average Bonchev–Trinajstić information content (AvgIpc) is 2.65. The summed E-state index contributed by atoms with van der Waals surface area (Å²) in [4.78, 5) is 20.8. The van der Waals surface area contributed by atoms with Crippen molar-refractivity contribution in [1.82, 2.24) is 20.6 Å². The van der Waals surface area contributed by atoms with Crippen molar-refractivity contribution in [3.05, 3.63) is 35.7 Å². The summed E-state index contributed by atoms with van der Waals surface area (Å²) >= 11 is 0. The number of rotatable bonds is 3. The van der Waals surface area contributed by atoms with Gasteiger partial charge in [0.05, 0.1) is 16.6 Å². The number of benzene rings is 1. The molecule has 2 aromatic rings. The zero-order chi connectivity index (χ0) is 20.5. The summed E-state index contributed by atoms with van der Waals surface area (Å²) in [7, 11) is 0. The standard InChI is InChI=1S/C18H19F3N6O/c1-10-6-17(9-24-8-10,27-16(28)15(23)18(19,20)21)12-3-2-11(7-22)13-14(12)26-5-4-25-13/h2-5,10,15,24H,6,8-9,23H2,1H3,(H,27,28)/t10-,15-,17-/m0/s1. The Labute approximate surface area is 159 Å². The second-order valence-electron chi connectivity index (χ2n) is 7.06. The topological polar surface area (TPSA) is 117 Å². The Morgan fingerprint density at radius 1 is 1.39 bits per heavy atom. The van der Waals surface area contributed by atoms with Crippen LogP contribution in [0.1, 0.15) is 24.5 Å². The zero-order valence-electron chi connectivity index (χ0n) is 15.0. The van der Waals surface area contributed by atoms with Crippen molar-refractivity contribution in [3.63, 3.8) is 0 Å². The number of aromatic nitrogens is 2. The Balaban J connectivity index is 2.13. The predicted molar refractivity (Wildman–Crippen MR) is 94.8 cm³/mol. The van der Waals surface area contributed by atoms with Gasteiger partial charge in [-0.25, -0.2) is 0 Å². The predicted octanol–water partition coefficient (Wildman–Crippen LogP) is 1.33. The molecule has 1 aliphatic heterocycles. The molecule has 148 valence electrons. The number of nitriles is 1. The van der Waals surface area contributed by atoms with E-state index in [-0.39, 0.29) is 18.0 Å². The van der Waals surface area contributed by atoms with E-state index in [0.29, 0.717) is 29.6 Å². The van der Waals surface area contributed by atoms with Gasteiger partial charge in [0, 0.05) is 24.5 Å². The number of halogens is 3. The molecule has 1 fully saturated rings. The Kier molecular flexibility index (Phi) is 5.23. The van der Waals surface area contributed by atoms with E-state index < -0.39 is 23.7 Å². The lowest BCUT2D eigenvalue weighted by Crippen LogP contribution is -2.62. The van der Waals surface area contributed by atoms with E-state index in [9.17, 15) is 23.2 Å². The molecule has 2 heterocycles. The van der Waals surface area contributed by atoms with Gasteiger partial charge in [0.15, 0.2) is 6.04 Å². The van der Waals surface area contributed by atoms with E-state index in [1.807, 2.05) is 13.0 Å². The molecule has 1 aliphatic rings. The normalized spacial score (nSPS) is 23.8. The molecule has 0 bridgehead atoms. The van der Waals surface area contributed by atoms with Gasteiger partial charge in [-0.1, -0.05) is 13.0 Å². The van der Waals surface area contributed by atoms with Gasteiger partial charge in [0.25, 0.3) is 0 Å². The van der Waals surface area contributed by atoms with Crippen LogP contribution in [0.25, 0.3) is 11.0 Å². The molecule has 0 radical (unpaired) electrons. The van der Waals surface area contributed by atoms with Gasteiger partial charge in [0.1, 0.15) is 11.6 Å².